The van der Waals surface area contributed by atoms with Crippen molar-refractivity contribution in [1.29, 1.82) is 5.26 Å². The molecule has 0 saturated heterocycles. The molecule has 0 atom stereocenters. The summed E-state index contributed by atoms with van der Waals surface area (Å²) in [6.45, 7) is 3.12. The summed E-state index contributed by atoms with van der Waals surface area (Å²) < 4.78 is 1.14. The maximum atomic E-state index is 8.51. The summed E-state index contributed by atoms with van der Waals surface area (Å²) in [6.07, 6.45) is 0. The molecule has 0 amide bonds. The van der Waals surface area contributed by atoms with Crippen LogP contribution in [0, 0.1) is 10.2 Å². The summed E-state index contributed by atoms with van der Waals surface area (Å²) in [5.41, 5.74) is 1.21. The summed E-state index contributed by atoms with van der Waals surface area (Å²) in [5.74, 6) is 0. The van der Waals surface area contributed by atoms with E-state index in [1.165, 1.54) is 5.69 Å². The van der Waals surface area contributed by atoms with Crippen LogP contribution in [0.25, 0.3) is 0 Å². The van der Waals surface area contributed by atoms with Gasteiger partial charge in [-0.1, -0.05) is 0 Å². The monoisotopic (exact) mass is 240 g/mol. The third kappa shape index (κ3) is 2.77. The molecular formula is C10H12N2Se. The van der Waals surface area contributed by atoms with Crippen molar-refractivity contribution in [1.82, 2.24) is 0 Å². The molecule has 0 aromatic heterocycles. The molecule has 1 aromatic rings. The Labute approximate surface area is 85.3 Å². The van der Waals surface area contributed by atoms with Crippen molar-refractivity contribution < 1.29 is 0 Å². The van der Waals surface area contributed by atoms with Crippen LogP contribution in [-0.2, 0) is 0 Å². The van der Waals surface area contributed by atoms with Crippen LogP contribution in [0.4, 0.5) is 5.69 Å². The Morgan fingerprint density at radius 2 is 2.00 bits per heavy atom. The number of nitriles is 1. The molecule has 0 aliphatic rings. The number of anilines is 1. The van der Waals surface area contributed by atoms with Gasteiger partial charge in [-0.15, -0.1) is 0 Å². The van der Waals surface area contributed by atoms with Gasteiger partial charge in [0.05, 0.1) is 0 Å². The summed E-state index contributed by atoms with van der Waals surface area (Å²) in [5, 5.41) is 8.51. The number of benzene rings is 1. The molecule has 0 spiro atoms. The molecule has 0 heterocycles. The zero-order chi connectivity index (χ0) is 9.68. The first-order valence-electron chi connectivity index (χ1n) is 4.15. The van der Waals surface area contributed by atoms with Gasteiger partial charge in [0, 0.05) is 0 Å². The molecule has 0 saturated carbocycles. The van der Waals surface area contributed by atoms with Crippen LogP contribution in [0.3, 0.4) is 0 Å². The minimum atomic E-state index is -0.0245. The van der Waals surface area contributed by atoms with Crippen LogP contribution < -0.4 is 9.36 Å². The van der Waals surface area contributed by atoms with E-state index in [2.05, 4.69) is 36.0 Å². The van der Waals surface area contributed by atoms with E-state index in [1.807, 2.05) is 12.1 Å². The van der Waals surface area contributed by atoms with Gasteiger partial charge in [-0.25, -0.2) is 0 Å². The molecule has 1 aromatic carbocycles. The molecule has 0 aliphatic heterocycles. The van der Waals surface area contributed by atoms with E-state index in [-0.39, 0.29) is 15.0 Å². The zero-order valence-corrected chi connectivity index (χ0v) is 9.53. The van der Waals surface area contributed by atoms with Crippen molar-refractivity contribution in [2.75, 3.05) is 18.5 Å². The molecule has 2 nitrogen and oxygen atoms in total. The van der Waals surface area contributed by atoms with Crippen LogP contribution >= 0.6 is 0 Å². The van der Waals surface area contributed by atoms with Crippen LogP contribution in [-0.4, -0.2) is 28.5 Å². The number of nitrogens with zero attached hydrogens (tertiary/aromatic N) is 2. The Bertz CT molecular complexity index is 300. The van der Waals surface area contributed by atoms with Crippen molar-refractivity contribution in [3.8, 4) is 4.97 Å². The normalized spacial score (nSPS) is 9.31. The van der Waals surface area contributed by atoms with E-state index in [4.69, 9.17) is 5.26 Å². The predicted molar refractivity (Wildman–Crippen MR) is 56.4 cm³/mol. The second-order valence-electron chi connectivity index (χ2n) is 2.70. The Morgan fingerprint density at radius 1 is 1.38 bits per heavy atom. The zero-order valence-electron chi connectivity index (χ0n) is 7.82. The first-order chi connectivity index (χ1) is 6.27. The Balaban J connectivity index is 2.76. The third-order valence-corrected chi connectivity index (χ3v) is 3.17. The van der Waals surface area contributed by atoms with Gasteiger partial charge in [-0.3, -0.25) is 0 Å². The Morgan fingerprint density at radius 3 is 2.46 bits per heavy atom. The second kappa shape index (κ2) is 4.91. The van der Waals surface area contributed by atoms with Crippen LogP contribution in [0.2, 0.25) is 0 Å². The molecule has 13 heavy (non-hydrogen) atoms. The number of hydrogen-bond donors (Lipinski definition) is 0. The summed E-state index contributed by atoms with van der Waals surface area (Å²) in [7, 11) is 2.06. The fourth-order valence-electron chi connectivity index (χ4n) is 1.00. The first-order valence-corrected chi connectivity index (χ1v) is 5.86. The van der Waals surface area contributed by atoms with Gasteiger partial charge in [0.2, 0.25) is 0 Å². The van der Waals surface area contributed by atoms with Gasteiger partial charge in [-0.05, 0) is 0 Å². The van der Waals surface area contributed by atoms with Crippen LogP contribution in [0.1, 0.15) is 6.92 Å². The van der Waals surface area contributed by atoms with Crippen molar-refractivity contribution in [3.05, 3.63) is 24.3 Å². The van der Waals surface area contributed by atoms with Crippen LogP contribution in [0.15, 0.2) is 24.3 Å². The molecule has 3 heteroatoms. The van der Waals surface area contributed by atoms with Gasteiger partial charge in [-0.2, -0.15) is 0 Å². The fraction of sp³-hybridized carbons (Fsp3) is 0.300. The summed E-state index contributed by atoms with van der Waals surface area (Å²) in [6, 6.07) is 8.20. The fourth-order valence-corrected chi connectivity index (χ4v) is 1.80. The predicted octanol–water partition coefficient (Wildman–Crippen LogP) is 0.953. The van der Waals surface area contributed by atoms with Gasteiger partial charge >= 0.3 is 85.0 Å². The average molecular weight is 239 g/mol. The SMILES string of the molecule is CCN(C)c1ccc([Se]C#N)cc1. The molecule has 1 rings (SSSR count). The Kier molecular flexibility index (Phi) is 3.82. The molecule has 0 radical (unpaired) electrons. The van der Waals surface area contributed by atoms with Gasteiger partial charge in [0.15, 0.2) is 0 Å². The number of hydrogen-bond acceptors (Lipinski definition) is 2. The van der Waals surface area contributed by atoms with Crippen molar-refractivity contribution in [2.45, 2.75) is 6.92 Å². The number of rotatable bonds is 3. The van der Waals surface area contributed by atoms with Crippen molar-refractivity contribution in [2.24, 2.45) is 0 Å². The molecule has 0 unspecified atom stereocenters. The van der Waals surface area contributed by atoms with Crippen molar-refractivity contribution >= 4 is 25.1 Å². The summed E-state index contributed by atoms with van der Waals surface area (Å²) in [4.78, 5) is 4.37. The van der Waals surface area contributed by atoms with E-state index in [9.17, 15) is 0 Å². The average Bonchev–Trinajstić information content (AvgIpc) is 2.18. The van der Waals surface area contributed by atoms with Crippen LogP contribution in [0.5, 0.6) is 0 Å². The molecule has 0 aliphatic carbocycles. The minimum absolute atomic E-state index is 0.0245. The molecule has 68 valence electrons. The van der Waals surface area contributed by atoms with Gasteiger partial charge in [0.25, 0.3) is 0 Å². The van der Waals surface area contributed by atoms with E-state index in [0.29, 0.717) is 0 Å². The Hall–Kier alpha value is -0.971. The van der Waals surface area contributed by atoms with Gasteiger partial charge in [0.1, 0.15) is 0 Å². The van der Waals surface area contributed by atoms with E-state index < -0.39 is 0 Å². The third-order valence-electron chi connectivity index (χ3n) is 1.92. The van der Waals surface area contributed by atoms with E-state index >= 15 is 0 Å². The molecule has 0 N–H and O–H groups in total. The molecular weight excluding hydrogens is 227 g/mol. The standard InChI is InChI=1S/C10H12N2Se/c1-3-12(2)9-4-6-10(7-5-9)13-8-11/h4-7H,3H2,1-2H3. The van der Waals surface area contributed by atoms with Gasteiger partial charge < -0.3 is 0 Å². The van der Waals surface area contributed by atoms with Crippen molar-refractivity contribution in [3.63, 3.8) is 0 Å². The maximum absolute atomic E-state index is 8.51. The molecule has 0 fully saturated rings. The molecule has 0 bridgehead atoms. The quantitative estimate of drug-likeness (QED) is 0.734. The summed E-state index contributed by atoms with van der Waals surface area (Å²) >= 11 is -0.0245. The topological polar surface area (TPSA) is 27.0 Å². The van der Waals surface area contributed by atoms with E-state index in [0.717, 1.165) is 11.0 Å². The first kappa shape index (κ1) is 10.1. The van der Waals surface area contributed by atoms with E-state index in [1.54, 1.807) is 0 Å². The second-order valence-corrected chi connectivity index (χ2v) is 4.50.